The largest absolute Gasteiger partial charge is 0.573 e. The fraction of sp³-hybridized carbons (Fsp3) is 0.300. The van der Waals surface area contributed by atoms with Gasteiger partial charge in [0.05, 0.1) is 22.3 Å². The fourth-order valence-corrected chi connectivity index (χ4v) is 3.55. The van der Waals surface area contributed by atoms with E-state index in [9.17, 15) is 23.1 Å². The van der Waals surface area contributed by atoms with Crippen LogP contribution in [-0.2, 0) is 0 Å². The van der Waals surface area contributed by atoms with E-state index >= 15 is 0 Å². The molecule has 172 valence electrons. The molecule has 3 rings (SSSR count). The molecule has 1 aromatic carbocycles. The van der Waals surface area contributed by atoms with Gasteiger partial charge in [-0.2, -0.15) is 0 Å². The molecule has 0 aliphatic carbocycles. The lowest BCUT2D eigenvalue weighted by molar-refractivity contribution is -0.274. The Morgan fingerprint density at radius 2 is 2.03 bits per heavy atom. The number of aromatic nitrogens is 1. The Labute approximate surface area is 191 Å². The van der Waals surface area contributed by atoms with E-state index in [2.05, 4.69) is 15.0 Å². The van der Waals surface area contributed by atoms with E-state index in [4.69, 9.17) is 28.3 Å². The lowest BCUT2D eigenvalue weighted by Gasteiger charge is -2.27. The highest BCUT2D eigenvalue weighted by Crippen LogP contribution is 2.33. The monoisotopic (exact) mass is 491 g/mol. The van der Waals surface area contributed by atoms with Crippen molar-refractivity contribution in [3.63, 3.8) is 0 Å². The number of nitrogens with zero attached hydrogens (tertiary/aromatic N) is 2. The Morgan fingerprint density at radius 3 is 2.59 bits per heavy atom. The molecule has 0 fully saturated rings. The molecule has 0 saturated carbocycles. The van der Waals surface area contributed by atoms with Crippen LogP contribution in [0.5, 0.6) is 5.75 Å². The Morgan fingerprint density at radius 1 is 1.28 bits per heavy atom. The molecule has 0 saturated heterocycles. The van der Waals surface area contributed by atoms with Crippen LogP contribution in [0.3, 0.4) is 0 Å². The molecular formula is C20H18Cl2F3N3O4. The summed E-state index contributed by atoms with van der Waals surface area (Å²) in [5, 5.41) is 21.3. The number of hydrogen-bond donors (Lipinski definition) is 3. The Kier molecular flexibility index (Phi) is 7.50. The second-order valence-corrected chi connectivity index (χ2v) is 7.66. The predicted molar refractivity (Wildman–Crippen MR) is 113 cm³/mol. The maximum atomic E-state index is 12.5. The first-order chi connectivity index (χ1) is 15.1. The summed E-state index contributed by atoms with van der Waals surface area (Å²) in [7, 11) is 0. The molecule has 2 amide bonds. The normalized spacial score (nSPS) is 15.2. The average Bonchev–Trinajstić information content (AvgIpc) is 2.74. The fourth-order valence-electron chi connectivity index (χ4n) is 3.03. The smallest absolute Gasteiger partial charge is 0.404 e. The van der Waals surface area contributed by atoms with Crippen LogP contribution >= 0.6 is 23.2 Å². The number of halogens is 5. The van der Waals surface area contributed by atoms with Gasteiger partial charge in [-0.25, -0.2) is 4.79 Å². The summed E-state index contributed by atoms with van der Waals surface area (Å²) in [6, 6.07) is 4.51. The zero-order valence-corrected chi connectivity index (χ0v) is 17.9. The molecule has 7 nitrogen and oxygen atoms in total. The summed E-state index contributed by atoms with van der Waals surface area (Å²) in [4.78, 5) is 18.2. The van der Waals surface area contributed by atoms with Gasteiger partial charge in [0.2, 0.25) is 0 Å². The van der Waals surface area contributed by atoms with Gasteiger partial charge in [-0.05, 0) is 36.3 Å². The number of carbonyl (C=O) groups excluding carboxylic acids is 1. The van der Waals surface area contributed by atoms with Crippen molar-refractivity contribution in [3.05, 3.63) is 57.8 Å². The third kappa shape index (κ3) is 6.04. The number of ether oxygens (including phenoxy) is 1. The molecule has 1 atom stereocenters. The molecule has 32 heavy (non-hydrogen) atoms. The molecule has 1 aliphatic rings. The topological polar surface area (TPSA) is 94.9 Å². The molecule has 3 N–H and O–H groups in total. The number of nitrogens with one attached hydrogen (secondary N) is 1. The number of anilines is 1. The number of amides is 2. The number of carbonyl (C=O) groups is 1. The first kappa shape index (κ1) is 24.1. The summed E-state index contributed by atoms with van der Waals surface area (Å²) in [5.41, 5.74) is 1.95. The highest BCUT2D eigenvalue weighted by Gasteiger charge is 2.32. The van der Waals surface area contributed by atoms with Gasteiger partial charge in [-0.3, -0.25) is 4.98 Å². The van der Waals surface area contributed by atoms with Gasteiger partial charge in [-0.1, -0.05) is 29.3 Å². The lowest BCUT2D eigenvalue weighted by Crippen LogP contribution is -2.38. The van der Waals surface area contributed by atoms with Gasteiger partial charge in [0.15, 0.2) is 0 Å². The van der Waals surface area contributed by atoms with Crippen molar-refractivity contribution in [2.75, 3.05) is 25.0 Å². The lowest BCUT2D eigenvalue weighted by atomic mass is 10.0. The second-order valence-electron chi connectivity index (χ2n) is 6.85. The highest BCUT2D eigenvalue weighted by atomic mass is 35.5. The minimum absolute atomic E-state index is 0.215. The van der Waals surface area contributed by atoms with Crippen LogP contribution in [0.15, 0.2) is 36.5 Å². The molecule has 1 unspecified atom stereocenters. The van der Waals surface area contributed by atoms with Gasteiger partial charge in [-0.15, -0.1) is 13.2 Å². The van der Waals surface area contributed by atoms with Crippen LogP contribution < -0.4 is 10.1 Å². The molecular weight excluding hydrogens is 474 g/mol. The van der Waals surface area contributed by atoms with Crippen molar-refractivity contribution in [2.45, 2.75) is 18.9 Å². The second kappa shape index (κ2) is 9.95. The number of hydrogen-bond acceptors (Lipinski definition) is 5. The molecule has 0 spiro atoms. The highest BCUT2D eigenvalue weighted by molar-refractivity contribution is 6.32. The van der Waals surface area contributed by atoms with Crippen LogP contribution in [0.4, 0.5) is 23.7 Å². The van der Waals surface area contributed by atoms with Crippen LogP contribution in [0.1, 0.15) is 23.8 Å². The zero-order chi connectivity index (χ0) is 23.5. The molecule has 2 heterocycles. The van der Waals surface area contributed by atoms with Crippen LogP contribution in [-0.4, -0.2) is 52.2 Å². The van der Waals surface area contributed by atoms with E-state index in [1.807, 2.05) is 0 Å². The van der Waals surface area contributed by atoms with Gasteiger partial charge in [0, 0.05) is 30.5 Å². The molecule has 1 aliphatic heterocycles. The zero-order valence-electron chi connectivity index (χ0n) is 16.4. The van der Waals surface area contributed by atoms with E-state index in [0.717, 1.165) is 17.7 Å². The Bertz CT molecular complexity index is 1030. The summed E-state index contributed by atoms with van der Waals surface area (Å²) in [5.74, 6) is -0.565. The minimum atomic E-state index is -4.87. The summed E-state index contributed by atoms with van der Waals surface area (Å²) in [6.45, 7) is 0.149. The minimum Gasteiger partial charge on any atom is -0.404 e. The van der Waals surface area contributed by atoms with Crippen LogP contribution in [0.2, 0.25) is 10.0 Å². The van der Waals surface area contributed by atoms with E-state index < -0.39 is 30.9 Å². The summed E-state index contributed by atoms with van der Waals surface area (Å²) < 4.78 is 40.8. The number of aliphatic hydroxyl groups is 2. The average molecular weight is 492 g/mol. The SMILES string of the molecule is O=C(Nc1ccc(OC(F)(F)F)c(Cl)c1)N1CC=C(c2ncc(C(O)CO)cc2Cl)CC1. The van der Waals surface area contributed by atoms with Gasteiger partial charge < -0.3 is 25.2 Å². The molecule has 0 radical (unpaired) electrons. The first-order valence-corrected chi connectivity index (χ1v) is 10.1. The van der Waals surface area contributed by atoms with Gasteiger partial charge >= 0.3 is 12.4 Å². The standard InChI is InChI=1S/C20H18Cl2F3N3O4/c21-14-8-13(1-2-17(14)32-20(23,24)25)27-19(31)28-5-3-11(4-6-28)18-15(22)7-12(9-26-18)16(30)10-29/h1-3,7-9,16,29-30H,4-6,10H2,(H,27,31). The van der Waals surface area contributed by atoms with Crippen molar-refractivity contribution >= 4 is 40.5 Å². The molecule has 2 aromatic rings. The number of aliphatic hydroxyl groups excluding tert-OH is 2. The molecule has 0 bridgehead atoms. The van der Waals surface area contributed by atoms with Gasteiger partial charge in [0.25, 0.3) is 0 Å². The van der Waals surface area contributed by atoms with E-state index in [-0.39, 0.29) is 17.3 Å². The Balaban J connectivity index is 1.63. The number of alkyl halides is 3. The van der Waals surface area contributed by atoms with Crippen molar-refractivity contribution in [1.29, 1.82) is 0 Å². The van der Waals surface area contributed by atoms with E-state index in [1.54, 1.807) is 6.08 Å². The summed E-state index contributed by atoms with van der Waals surface area (Å²) >= 11 is 12.1. The maximum absolute atomic E-state index is 12.5. The van der Waals surface area contributed by atoms with Crippen molar-refractivity contribution < 1.29 is 32.9 Å². The quantitative estimate of drug-likeness (QED) is 0.566. The van der Waals surface area contributed by atoms with Crippen LogP contribution in [0, 0.1) is 0 Å². The van der Waals surface area contributed by atoms with Gasteiger partial charge in [0.1, 0.15) is 11.9 Å². The number of rotatable bonds is 5. The third-order valence-electron chi connectivity index (χ3n) is 4.63. The third-order valence-corrected chi connectivity index (χ3v) is 5.21. The Hall–Kier alpha value is -2.53. The number of benzene rings is 1. The number of pyridine rings is 1. The van der Waals surface area contributed by atoms with E-state index in [0.29, 0.717) is 29.2 Å². The van der Waals surface area contributed by atoms with Crippen molar-refractivity contribution in [3.8, 4) is 5.75 Å². The van der Waals surface area contributed by atoms with Crippen molar-refractivity contribution in [1.82, 2.24) is 9.88 Å². The van der Waals surface area contributed by atoms with Crippen LogP contribution in [0.25, 0.3) is 5.57 Å². The molecule has 12 heteroatoms. The number of urea groups is 1. The first-order valence-electron chi connectivity index (χ1n) is 9.32. The molecule has 1 aromatic heterocycles. The predicted octanol–water partition coefficient (Wildman–Crippen LogP) is 4.63. The summed E-state index contributed by atoms with van der Waals surface area (Å²) in [6.07, 6.45) is -2.27. The van der Waals surface area contributed by atoms with Crippen molar-refractivity contribution in [2.24, 2.45) is 0 Å². The maximum Gasteiger partial charge on any atom is 0.573 e. The van der Waals surface area contributed by atoms with E-state index in [1.165, 1.54) is 23.2 Å².